The zero-order valence-electron chi connectivity index (χ0n) is 13.4. The van der Waals surface area contributed by atoms with Crippen LogP contribution in [0.4, 0.5) is 0 Å². The van der Waals surface area contributed by atoms with Crippen LogP contribution in [0, 0.1) is 5.92 Å². The minimum atomic E-state index is -3.65. The Labute approximate surface area is 136 Å². The van der Waals surface area contributed by atoms with E-state index in [1.54, 1.807) is 11.7 Å². The van der Waals surface area contributed by atoms with Crippen molar-refractivity contribution in [1.82, 2.24) is 14.5 Å². The Kier molecular flexibility index (Phi) is 4.72. The summed E-state index contributed by atoms with van der Waals surface area (Å²) >= 11 is 0. The van der Waals surface area contributed by atoms with Gasteiger partial charge in [-0.05, 0) is 44.4 Å². The van der Waals surface area contributed by atoms with E-state index in [4.69, 9.17) is 4.74 Å². The zero-order valence-corrected chi connectivity index (χ0v) is 14.2. The van der Waals surface area contributed by atoms with Crippen LogP contribution in [0.1, 0.15) is 47.4 Å². The van der Waals surface area contributed by atoms with Gasteiger partial charge in [-0.2, -0.15) is 5.10 Å². The van der Waals surface area contributed by atoms with Crippen LogP contribution in [-0.2, 0) is 34.6 Å². The van der Waals surface area contributed by atoms with Gasteiger partial charge in [0.25, 0.3) is 5.91 Å². The van der Waals surface area contributed by atoms with Crippen LogP contribution >= 0.6 is 0 Å². The first-order valence-electron chi connectivity index (χ1n) is 8.13. The van der Waals surface area contributed by atoms with Gasteiger partial charge in [0.05, 0.1) is 5.75 Å². The maximum atomic E-state index is 12.4. The molecular weight excluding hydrogens is 318 g/mol. The summed E-state index contributed by atoms with van der Waals surface area (Å²) in [5.74, 6) is -0.584. The minimum Gasteiger partial charge on any atom is -0.381 e. The predicted molar refractivity (Wildman–Crippen MR) is 84.6 cm³/mol. The Morgan fingerprint density at radius 1 is 1.30 bits per heavy atom. The van der Waals surface area contributed by atoms with Gasteiger partial charge in [0.15, 0.2) is 5.69 Å². The van der Waals surface area contributed by atoms with Gasteiger partial charge in [-0.25, -0.2) is 13.1 Å². The summed E-state index contributed by atoms with van der Waals surface area (Å²) in [6.07, 6.45) is 5.19. The Bertz CT molecular complexity index is 690. The number of carbonyl (C=O) groups is 1. The minimum absolute atomic E-state index is 0.0306. The van der Waals surface area contributed by atoms with E-state index in [0.29, 0.717) is 26.1 Å². The van der Waals surface area contributed by atoms with Crippen molar-refractivity contribution in [2.45, 2.75) is 38.5 Å². The summed E-state index contributed by atoms with van der Waals surface area (Å²) in [6, 6.07) is 0. The molecule has 1 N–H and O–H groups in total. The van der Waals surface area contributed by atoms with E-state index in [9.17, 15) is 13.2 Å². The summed E-state index contributed by atoms with van der Waals surface area (Å²) in [6.45, 7) is 1.17. The number of fused-ring (bicyclic) bond motifs is 1. The second kappa shape index (κ2) is 6.60. The number of ether oxygens (including phenoxy) is 1. The first-order valence-corrected chi connectivity index (χ1v) is 9.79. The molecule has 1 amide bonds. The number of sulfonamides is 1. The quantitative estimate of drug-likeness (QED) is 0.874. The highest BCUT2D eigenvalue weighted by molar-refractivity contribution is 7.90. The maximum absolute atomic E-state index is 12.4. The number of aryl methyl sites for hydroxylation is 1. The van der Waals surface area contributed by atoms with Gasteiger partial charge in [-0.1, -0.05) is 0 Å². The Balaban J connectivity index is 1.71. The number of nitrogens with one attached hydrogen (secondary N) is 1. The second-order valence-corrected chi connectivity index (χ2v) is 8.14. The van der Waals surface area contributed by atoms with Crippen LogP contribution in [0.3, 0.4) is 0 Å². The largest absolute Gasteiger partial charge is 0.381 e. The molecule has 7 nitrogen and oxygen atoms in total. The summed E-state index contributed by atoms with van der Waals surface area (Å²) < 4.78 is 33.6. The molecule has 1 aromatic heterocycles. The number of aromatic nitrogens is 2. The highest BCUT2D eigenvalue weighted by atomic mass is 32.2. The van der Waals surface area contributed by atoms with Crippen molar-refractivity contribution in [3.8, 4) is 0 Å². The molecule has 1 aliphatic heterocycles. The number of carbonyl (C=O) groups excluding carboxylic acids is 1. The first-order chi connectivity index (χ1) is 11.0. The van der Waals surface area contributed by atoms with Crippen molar-refractivity contribution in [3.05, 3.63) is 17.0 Å². The smallest absolute Gasteiger partial charge is 0.285 e. The fourth-order valence-electron chi connectivity index (χ4n) is 3.41. The van der Waals surface area contributed by atoms with Crippen LogP contribution in [0.15, 0.2) is 0 Å². The van der Waals surface area contributed by atoms with E-state index >= 15 is 0 Å². The molecule has 128 valence electrons. The van der Waals surface area contributed by atoms with Crippen molar-refractivity contribution in [2.75, 3.05) is 19.0 Å². The molecule has 1 aromatic rings. The molecule has 0 unspecified atom stereocenters. The summed E-state index contributed by atoms with van der Waals surface area (Å²) in [5.41, 5.74) is 2.21. The van der Waals surface area contributed by atoms with Crippen molar-refractivity contribution in [3.63, 3.8) is 0 Å². The number of nitrogens with zero attached hydrogens (tertiary/aromatic N) is 2. The highest BCUT2D eigenvalue weighted by Gasteiger charge is 2.28. The molecule has 0 saturated carbocycles. The third-order valence-corrected chi connectivity index (χ3v) is 6.03. The SMILES string of the molecule is Cn1nc(C(=O)NS(=O)(=O)CC2CCOCC2)c2c1CCCC2. The molecule has 1 aliphatic carbocycles. The number of hydrogen-bond acceptors (Lipinski definition) is 5. The lowest BCUT2D eigenvalue weighted by molar-refractivity contribution is 0.0722. The fraction of sp³-hybridized carbons (Fsp3) is 0.733. The van der Waals surface area contributed by atoms with E-state index in [2.05, 4.69) is 9.82 Å². The molecule has 0 radical (unpaired) electrons. The Morgan fingerprint density at radius 2 is 2.00 bits per heavy atom. The van der Waals surface area contributed by atoms with E-state index in [0.717, 1.165) is 36.9 Å². The zero-order chi connectivity index (χ0) is 16.4. The lowest BCUT2D eigenvalue weighted by Gasteiger charge is -2.21. The van der Waals surface area contributed by atoms with Crippen LogP contribution in [0.2, 0.25) is 0 Å². The third kappa shape index (κ3) is 3.74. The molecule has 1 fully saturated rings. The highest BCUT2D eigenvalue weighted by Crippen LogP contribution is 2.24. The molecule has 3 rings (SSSR count). The van der Waals surface area contributed by atoms with Gasteiger partial charge in [-0.3, -0.25) is 9.48 Å². The number of hydrogen-bond donors (Lipinski definition) is 1. The average molecular weight is 341 g/mol. The summed E-state index contributed by atoms with van der Waals surface area (Å²) in [4.78, 5) is 12.4. The average Bonchev–Trinajstić information content (AvgIpc) is 2.85. The normalized spacial score (nSPS) is 19.3. The van der Waals surface area contributed by atoms with Crippen LogP contribution in [-0.4, -0.2) is 43.1 Å². The van der Waals surface area contributed by atoms with Crippen LogP contribution in [0.5, 0.6) is 0 Å². The predicted octanol–water partition coefficient (Wildman–Crippen LogP) is 0.785. The standard InChI is InChI=1S/C15H23N3O4S/c1-18-13-5-3-2-4-12(13)14(16-18)15(19)17-23(20,21)10-11-6-8-22-9-7-11/h11H,2-10H2,1H3,(H,17,19). The second-order valence-electron chi connectivity index (χ2n) is 6.37. The lowest BCUT2D eigenvalue weighted by atomic mass is 9.95. The van der Waals surface area contributed by atoms with Gasteiger partial charge < -0.3 is 4.74 Å². The van der Waals surface area contributed by atoms with E-state index in [1.807, 2.05) is 0 Å². The maximum Gasteiger partial charge on any atom is 0.285 e. The molecule has 2 aliphatic rings. The van der Waals surface area contributed by atoms with Gasteiger partial charge in [0.2, 0.25) is 10.0 Å². The van der Waals surface area contributed by atoms with Gasteiger partial charge in [0, 0.05) is 31.5 Å². The van der Waals surface area contributed by atoms with E-state index in [-0.39, 0.29) is 17.4 Å². The topological polar surface area (TPSA) is 90.3 Å². The first kappa shape index (κ1) is 16.4. The van der Waals surface area contributed by atoms with Crippen LogP contribution in [0.25, 0.3) is 0 Å². The van der Waals surface area contributed by atoms with Crippen molar-refractivity contribution in [1.29, 1.82) is 0 Å². The molecule has 23 heavy (non-hydrogen) atoms. The number of rotatable bonds is 4. The van der Waals surface area contributed by atoms with Crippen molar-refractivity contribution in [2.24, 2.45) is 13.0 Å². The molecule has 0 bridgehead atoms. The number of amides is 1. The molecule has 0 aromatic carbocycles. The van der Waals surface area contributed by atoms with E-state index < -0.39 is 15.9 Å². The molecule has 8 heteroatoms. The monoisotopic (exact) mass is 341 g/mol. The summed E-state index contributed by atoms with van der Waals surface area (Å²) in [5, 5.41) is 4.24. The fourth-order valence-corrected chi connectivity index (χ4v) is 4.83. The third-order valence-electron chi connectivity index (χ3n) is 4.62. The molecular formula is C15H23N3O4S. The van der Waals surface area contributed by atoms with Gasteiger partial charge in [-0.15, -0.1) is 0 Å². The molecule has 0 spiro atoms. The summed E-state index contributed by atoms with van der Waals surface area (Å²) in [7, 11) is -1.85. The molecule has 0 atom stereocenters. The van der Waals surface area contributed by atoms with Crippen LogP contribution < -0.4 is 4.72 Å². The van der Waals surface area contributed by atoms with Crippen molar-refractivity contribution >= 4 is 15.9 Å². The van der Waals surface area contributed by atoms with Gasteiger partial charge >= 0.3 is 0 Å². The molecule has 1 saturated heterocycles. The van der Waals surface area contributed by atoms with Crippen molar-refractivity contribution < 1.29 is 17.9 Å². The Hall–Kier alpha value is -1.41. The van der Waals surface area contributed by atoms with Gasteiger partial charge in [0.1, 0.15) is 0 Å². The molecule has 2 heterocycles. The lowest BCUT2D eigenvalue weighted by Crippen LogP contribution is -2.36. The Morgan fingerprint density at radius 3 is 2.74 bits per heavy atom. The van der Waals surface area contributed by atoms with E-state index in [1.165, 1.54) is 0 Å².